The number of amides is 1. The molecule has 1 aromatic carbocycles. The number of aromatic nitrogens is 1. The number of aryl methyl sites for hydroxylation is 1. The third kappa shape index (κ3) is 5.19. The summed E-state index contributed by atoms with van der Waals surface area (Å²) in [6, 6.07) is 9.77. The number of carboxylic acid groups (broad SMARTS) is 1. The van der Waals surface area contributed by atoms with E-state index in [-0.39, 0.29) is 5.91 Å². The van der Waals surface area contributed by atoms with E-state index in [1.165, 1.54) is 23.6 Å². The fourth-order valence-corrected chi connectivity index (χ4v) is 2.39. The lowest BCUT2D eigenvalue weighted by molar-refractivity contribution is -0.131. The summed E-state index contributed by atoms with van der Waals surface area (Å²) in [5, 5.41) is 11.7. The van der Waals surface area contributed by atoms with Crippen LogP contribution in [0.25, 0.3) is 6.08 Å². The summed E-state index contributed by atoms with van der Waals surface area (Å²) in [5.41, 5.74) is 1.11. The van der Waals surface area contributed by atoms with E-state index >= 15 is 0 Å². The number of anilines is 1. The molecular weight excluding hydrogens is 288 g/mol. The van der Waals surface area contributed by atoms with E-state index in [1.807, 2.05) is 30.3 Å². The molecule has 1 amide bonds. The van der Waals surface area contributed by atoms with Gasteiger partial charge in [0.2, 0.25) is 5.91 Å². The molecule has 0 saturated carbocycles. The van der Waals surface area contributed by atoms with Crippen LogP contribution >= 0.6 is 11.3 Å². The Hall–Kier alpha value is -2.47. The van der Waals surface area contributed by atoms with Crippen molar-refractivity contribution < 1.29 is 14.7 Å². The highest BCUT2D eigenvalue weighted by Crippen LogP contribution is 2.19. The van der Waals surface area contributed by atoms with Crippen molar-refractivity contribution in [2.24, 2.45) is 0 Å². The number of nitrogens with one attached hydrogen (secondary N) is 1. The summed E-state index contributed by atoms with van der Waals surface area (Å²) in [6.45, 7) is 0. The van der Waals surface area contributed by atoms with Gasteiger partial charge in [-0.3, -0.25) is 4.79 Å². The Kier molecular flexibility index (Phi) is 5.22. The van der Waals surface area contributed by atoms with Crippen LogP contribution in [-0.2, 0) is 16.0 Å². The van der Waals surface area contributed by atoms with E-state index < -0.39 is 5.97 Å². The summed E-state index contributed by atoms with van der Waals surface area (Å²) in [7, 11) is 0. The Morgan fingerprint density at radius 2 is 2.05 bits per heavy atom. The number of aliphatic carboxylic acids is 1. The van der Waals surface area contributed by atoms with Crippen LogP contribution in [0.15, 0.2) is 42.6 Å². The van der Waals surface area contributed by atoms with Crippen molar-refractivity contribution >= 4 is 34.4 Å². The van der Waals surface area contributed by atoms with Crippen LogP contribution in [0.4, 0.5) is 5.13 Å². The number of benzene rings is 1. The number of carbonyl (C=O) groups is 2. The molecule has 0 atom stereocenters. The van der Waals surface area contributed by atoms with Crippen molar-refractivity contribution in [3.63, 3.8) is 0 Å². The van der Waals surface area contributed by atoms with Gasteiger partial charge in [-0.2, -0.15) is 0 Å². The summed E-state index contributed by atoms with van der Waals surface area (Å²) in [5.74, 6) is -1.13. The SMILES string of the molecule is O=C(O)C=Cc1cnc(NC(=O)CCc2ccccc2)s1. The first-order valence-corrected chi connectivity index (χ1v) is 7.16. The molecule has 0 aliphatic rings. The lowest BCUT2D eigenvalue weighted by atomic mass is 10.1. The zero-order chi connectivity index (χ0) is 15.1. The average Bonchev–Trinajstić information content (AvgIpc) is 2.91. The van der Waals surface area contributed by atoms with Crippen LogP contribution in [0.1, 0.15) is 16.9 Å². The molecule has 0 aliphatic heterocycles. The van der Waals surface area contributed by atoms with E-state index in [0.717, 1.165) is 11.6 Å². The predicted octanol–water partition coefficient (Wildman–Crippen LogP) is 2.81. The second kappa shape index (κ2) is 7.35. The number of thiazole rings is 1. The Morgan fingerprint density at radius 1 is 1.29 bits per heavy atom. The number of hydrogen-bond donors (Lipinski definition) is 2. The fourth-order valence-electron chi connectivity index (χ4n) is 1.66. The van der Waals surface area contributed by atoms with Crippen LogP contribution in [0.5, 0.6) is 0 Å². The maximum Gasteiger partial charge on any atom is 0.328 e. The summed E-state index contributed by atoms with van der Waals surface area (Å²) >= 11 is 1.23. The van der Waals surface area contributed by atoms with E-state index in [9.17, 15) is 9.59 Å². The average molecular weight is 302 g/mol. The van der Waals surface area contributed by atoms with Gasteiger partial charge in [-0.1, -0.05) is 41.7 Å². The molecule has 0 fully saturated rings. The third-order valence-corrected chi connectivity index (χ3v) is 3.52. The third-order valence-electron chi connectivity index (χ3n) is 2.64. The maximum atomic E-state index is 11.8. The van der Waals surface area contributed by atoms with Crippen LogP contribution in [0.2, 0.25) is 0 Å². The van der Waals surface area contributed by atoms with Gasteiger partial charge in [0.15, 0.2) is 5.13 Å². The van der Waals surface area contributed by atoms with E-state index in [0.29, 0.717) is 22.9 Å². The van der Waals surface area contributed by atoms with E-state index in [2.05, 4.69) is 10.3 Å². The first-order chi connectivity index (χ1) is 10.1. The minimum absolute atomic E-state index is 0.109. The molecule has 6 heteroatoms. The first-order valence-electron chi connectivity index (χ1n) is 6.34. The minimum atomic E-state index is -1.02. The first kappa shape index (κ1) is 14.9. The normalized spacial score (nSPS) is 10.7. The summed E-state index contributed by atoms with van der Waals surface area (Å²) in [6.07, 6.45) is 5.05. The smallest absolute Gasteiger partial charge is 0.328 e. The summed E-state index contributed by atoms with van der Waals surface area (Å²) in [4.78, 5) is 26.9. The molecule has 2 rings (SSSR count). The van der Waals surface area contributed by atoms with Gasteiger partial charge < -0.3 is 10.4 Å². The fraction of sp³-hybridized carbons (Fsp3) is 0.133. The lowest BCUT2D eigenvalue weighted by Gasteiger charge is -2.01. The van der Waals surface area contributed by atoms with Gasteiger partial charge in [-0.05, 0) is 18.1 Å². The van der Waals surface area contributed by atoms with Gasteiger partial charge in [0.05, 0.1) is 0 Å². The standard InChI is InChI=1S/C15H14N2O3S/c18-13(8-6-11-4-2-1-3-5-11)17-15-16-10-12(21-15)7-9-14(19)20/h1-5,7,9-10H,6,8H2,(H,19,20)(H,16,17,18). The van der Waals surface area contributed by atoms with Gasteiger partial charge in [0.1, 0.15) is 0 Å². The molecule has 0 saturated heterocycles. The lowest BCUT2D eigenvalue weighted by Crippen LogP contribution is -2.11. The number of nitrogens with zero attached hydrogens (tertiary/aromatic N) is 1. The molecule has 0 bridgehead atoms. The zero-order valence-electron chi connectivity index (χ0n) is 11.2. The Balaban J connectivity index is 1.84. The Morgan fingerprint density at radius 3 is 2.76 bits per heavy atom. The molecule has 0 unspecified atom stereocenters. The van der Waals surface area contributed by atoms with Crippen LogP contribution in [0, 0.1) is 0 Å². The highest BCUT2D eigenvalue weighted by Gasteiger charge is 2.06. The monoisotopic (exact) mass is 302 g/mol. The molecule has 5 nitrogen and oxygen atoms in total. The second-order valence-corrected chi connectivity index (χ2v) is 5.34. The predicted molar refractivity (Wildman–Crippen MR) is 82.2 cm³/mol. The summed E-state index contributed by atoms with van der Waals surface area (Å²) < 4.78 is 0. The van der Waals surface area contributed by atoms with Gasteiger partial charge in [-0.15, -0.1) is 0 Å². The molecule has 2 N–H and O–H groups in total. The van der Waals surface area contributed by atoms with Gasteiger partial charge in [0, 0.05) is 23.6 Å². The molecule has 0 radical (unpaired) electrons. The highest BCUT2D eigenvalue weighted by molar-refractivity contribution is 7.16. The Labute approximate surface area is 126 Å². The molecule has 1 aromatic heterocycles. The number of carboxylic acids is 1. The van der Waals surface area contributed by atoms with Crippen LogP contribution in [0.3, 0.4) is 0 Å². The zero-order valence-corrected chi connectivity index (χ0v) is 12.0. The maximum absolute atomic E-state index is 11.8. The van der Waals surface area contributed by atoms with Crippen molar-refractivity contribution in [2.75, 3.05) is 5.32 Å². The van der Waals surface area contributed by atoms with Gasteiger partial charge in [-0.25, -0.2) is 9.78 Å². The number of rotatable bonds is 6. The number of carbonyl (C=O) groups excluding carboxylic acids is 1. The van der Waals surface area contributed by atoms with E-state index in [1.54, 1.807) is 0 Å². The molecule has 2 aromatic rings. The topological polar surface area (TPSA) is 79.3 Å². The molecule has 21 heavy (non-hydrogen) atoms. The largest absolute Gasteiger partial charge is 0.478 e. The van der Waals surface area contributed by atoms with Gasteiger partial charge >= 0.3 is 5.97 Å². The van der Waals surface area contributed by atoms with Crippen molar-refractivity contribution in [1.82, 2.24) is 4.98 Å². The number of hydrogen-bond acceptors (Lipinski definition) is 4. The molecule has 1 heterocycles. The quantitative estimate of drug-likeness (QED) is 0.804. The van der Waals surface area contributed by atoms with Crippen molar-refractivity contribution in [3.05, 3.63) is 53.0 Å². The van der Waals surface area contributed by atoms with Crippen LogP contribution in [-0.4, -0.2) is 22.0 Å². The minimum Gasteiger partial charge on any atom is -0.478 e. The van der Waals surface area contributed by atoms with Crippen LogP contribution < -0.4 is 5.32 Å². The van der Waals surface area contributed by atoms with E-state index in [4.69, 9.17) is 5.11 Å². The molecular formula is C15H14N2O3S. The van der Waals surface area contributed by atoms with Crippen molar-refractivity contribution in [3.8, 4) is 0 Å². The molecule has 108 valence electrons. The molecule has 0 aliphatic carbocycles. The second-order valence-electron chi connectivity index (χ2n) is 4.27. The van der Waals surface area contributed by atoms with Crippen molar-refractivity contribution in [1.29, 1.82) is 0 Å². The van der Waals surface area contributed by atoms with Gasteiger partial charge in [0.25, 0.3) is 0 Å². The molecule has 0 spiro atoms. The van der Waals surface area contributed by atoms with Crippen molar-refractivity contribution in [2.45, 2.75) is 12.8 Å². The highest BCUT2D eigenvalue weighted by atomic mass is 32.1. The Bertz CT molecular complexity index is 650.